The highest BCUT2D eigenvalue weighted by molar-refractivity contribution is 7.85. The minimum absolute atomic E-state index is 0.165. The lowest BCUT2D eigenvalue weighted by molar-refractivity contribution is -0.122. The number of hydrogen-bond donors (Lipinski definition) is 1. The molecule has 1 heterocycles. The molecule has 254 valence electrons. The lowest BCUT2D eigenvalue weighted by atomic mass is 9.96. The van der Waals surface area contributed by atoms with E-state index < -0.39 is 32.5 Å². The molecule has 3 aromatic carbocycles. The van der Waals surface area contributed by atoms with Crippen LogP contribution in [0.25, 0.3) is 6.08 Å². The fraction of sp³-hybridized carbons (Fsp3) is 0.333. The van der Waals surface area contributed by atoms with Crippen LogP contribution in [0.3, 0.4) is 0 Å². The van der Waals surface area contributed by atoms with Crippen LogP contribution in [-0.4, -0.2) is 72.6 Å². The van der Waals surface area contributed by atoms with E-state index in [1.54, 1.807) is 0 Å². The van der Waals surface area contributed by atoms with Crippen LogP contribution in [0.1, 0.15) is 48.4 Å². The molecule has 1 fully saturated rings. The lowest BCUT2D eigenvalue weighted by Gasteiger charge is -2.41. The minimum Gasteiger partial charge on any atom is -0.356 e. The molecule has 0 saturated carbocycles. The van der Waals surface area contributed by atoms with Crippen molar-refractivity contribution in [3.05, 3.63) is 114 Å². The summed E-state index contributed by atoms with van der Waals surface area (Å²) in [5.41, 5.74) is 3.13. The van der Waals surface area contributed by atoms with E-state index in [0.717, 1.165) is 23.1 Å². The van der Waals surface area contributed by atoms with E-state index in [-0.39, 0.29) is 18.4 Å². The number of nitrogens with one attached hydrogen (secondary N) is 1. The van der Waals surface area contributed by atoms with Crippen molar-refractivity contribution in [2.75, 3.05) is 32.7 Å². The predicted octanol–water partition coefficient (Wildman–Crippen LogP) is 6.82. The molecular formula is C36H39Cl3N4O4S. The van der Waals surface area contributed by atoms with Crippen molar-refractivity contribution >= 4 is 62.9 Å². The Bertz CT molecular complexity index is 1620. The normalized spacial score (nSPS) is 15.9. The average Bonchev–Trinajstić information content (AvgIpc) is 3.06. The van der Waals surface area contributed by atoms with Crippen molar-refractivity contribution in [3.8, 4) is 12.3 Å². The Morgan fingerprint density at radius 3 is 2.15 bits per heavy atom. The SMILES string of the molecule is C#CCCCCNC(=O)C[C@@H](OS(=O)(=O)/N=C1\CN(C(c2ccccc2)c2ccccc2)CCN1C/C=C/c1ccccc1)C(Cl)(Cl)Cl. The van der Waals surface area contributed by atoms with E-state index in [1.807, 2.05) is 83.8 Å². The second-order valence-electron chi connectivity index (χ2n) is 11.2. The summed E-state index contributed by atoms with van der Waals surface area (Å²) >= 11 is 18.3. The summed E-state index contributed by atoms with van der Waals surface area (Å²) in [7, 11) is -4.69. The molecule has 0 bridgehead atoms. The van der Waals surface area contributed by atoms with Gasteiger partial charge in [0.2, 0.25) is 9.70 Å². The van der Waals surface area contributed by atoms with Crippen LogP contribution in [-0.2, 0) is 19.3 Å². The smallest absolute Gasteiger partial charge is 0.356 e. The number of carbonyl (C=O) groups excluding carboxylic acids is 1. The standard InChI is InChI=1S/C36H39Cl3N4O4S/c1-2-3-4-14-23-40-34(44)27-32(36(37,38)39)47-48(45,46)41-33-28-43(26-25-42(33)24-15-18-29-16-8-5-9-17-29)35(30-19-10-6-11-20-30)31-21-12-7-13-22-31/h1,5-13,15-22,32,35H,3-4,14,23-28H2,(H,40,44)/b18-15+,41-33+/t32-/m1/s1. The van der Waals surface area contributed by atoms with Crippen LogP contribution in [0.5, 0.6) is 0 Å². The van der Waals surface area contributed by atoms with Gasteiger partial charge in [0.1, 0.15) is 11.9 Å². The first-order valence-electron chi connectivity index (χ1n) is 15.6. The molecule has 0 radical (unpaired) electrons. The van der Waals surface area contributed by atoms with Crippen molar-refractivity contribution in [1.29, 1.82) is 0 Å². The molecule has 0 aliphatic carbocycles. The van der Waals surface area contributed by atoms with Gasteiger partial charge in [-0.25, -0.2) is 4.18 Å². The largest absolute Gasteiger partial charge is 0.383 e. The zero-order chi connectivity index (χ0) is 34.4. The number of unbranched alkanes of at least 4 members (excludes halogenated alkanes) is 2. The number of rotatable bonds is 15. The first-order chi connectivity index (χ1) is 23.1. The molecule has 0 aromatic heterocycles. The van der Waals surface area contributed by atoms with E-state index in [2.05, 4.69) is 44.8 Å². The molecule has 8 nitrogen and oxygen atoms in total. The van der Waals surface area contributed by atoms with E-state index in [0.29, 0.717) is 39.0 Å². The van der Waals surface area contributed by atoms with Gasteiger partial charge in [0.05, 0.1) is 19.0 Å². The predicted molar refractivity (Wildman–Crippen MR) is 195 cm³/mol. The molecule has 3 aromatic rings. The molecule has 0 spiro atoms. The minimum atomic E-state index is -4.69. The summed E-state index contributed by atoms with van der Waals surface area (Å²) in [4.78, 5) is 16.7. The summed E-state index contributed by atoms with van der Waals surface area (Å²) < 4.78 is 34.3. The number of piperazine rings is 1. The van der Waals surface area contributed by atoms with Gasteiger partial charge in [-0.3, -0.25) is 9.69 Å². The molecule has 1 amide bonds. The van der Waals surface area contributed by atoms with Crippen LogP contribution < -0.4 is 5.32 Å². The first kappa shape index (κ1) is 37.5. The molecule has 0 unspecified atom stereocenters. The van der Waals surface area contributed by atoms with E-state index >= 15 is 0 Å². The number of nitrogens with zero attached hydrogens (tertiary/aromatic N) is 3. The lowest BCUT2D eigenvalue weighted by Crippen LogP contribution is -2.52. The van der Waals surface area contributed by atoms with Crippen molar-refractivity contribution < 1.29 is 17.4 Å². The second kappa shape index (κ2) is 18.4. The second-order valence-corrected chi connectivity index (χ2v) is 14.8. The van der Waals surface area contributed by atoms with Gasteiger partial charge >= 0.3 is 10.3 Å². The third kappa shape index (κ3) is 12.0. The fourth-order valence-electron chi connectivity index (χ4n) is 5.33. The van der Waals surface area contributed by atoms with E-state index in [1.165, 1.54) is 0 Å². The summed E-state index contributed by atoms with van der Waals surface area (Å²) in [5, 5.41) is 2.69. The average molecular weight is 730 g/mol. The summed E-state index contributed by atoms with van der Waals surface area (Å²) in [6.45, 7) is 2.04. The van der Waals surface area contributed by atoms with Gasteiger partial charge in [0.25, 0.3) is 0 Å². The maximum atomic E-state index is 13.5. The Kier molecular flexibility index (Phi) is 14.4. The highest BCUT2D eigenvalue weighted by Gasteiger charge is 2.40. The maximum absolute atomic E-state index is 13.5. The molecule has 1 saturated heterocycles. The number of hydrogen-bond acceptors (Lipinski definition) is 5. The topological polar surface area (TPSA) is 91.3 Å². The molecule has 12 heteroatoms. The fourth-order valence-corrected chi connectivity index (χ4v) is 6.83. The summed E-state index contributed by atoms with van der Waals surface area (Å²) in [6.07, 6.45) is 9.04. The third-order valence-corrected chi connectivity index (χ3v) is 9.30. The number of amidine groups is 1. The van der Waals surface area contributed by atoms with E-state index in [4.69, 9.17) is 45.4 Å². The Labute approximate surface area is 299 Å². The van der Waals surface area contributed by atoms with Crippen molar-refractivity contribution in [2.45, 2.75) is 41.6 Å². The zero-order valence-corrected chi connectivity index (χ0v) is 29.5. The number of benzene rings is 3. The van der Waals surface area contributed by atoms with Crippen LogP contribution in [0, 0.1) is 12.3 Å². The highest BCUT2D eigenvalue weighted by atomic mass is 35.6. The Hall–Kier alpha value is -3.36. The number of terminal acetylenes is 1. The molecule has 4 rings (SSSR count). The van der Waals surface area contributed by atoms with Crippen LogP contribution in [0.2, 0.25) is 0 Å². The molecule has 1 N–H and O–H groups in total. The Morgan fingerprint density at radius 2 is 1.56 bits per heavy atom. The maximum Gasteiger partial charge on any atom is 0.383 e. The van der Waals surface area contributed by atoms with E-state index in [9.17, 15) is 13.2 Å². The van der Waals surface area contributed by atoms with Gasteiger partial charge in [0.15, 0.2) is 0 Å². The highest BCUT2D eigenvalue weighted by Crippen LogP contribution is 2.35. The van der Waals surface area contributed by atoms with Crippen molar-refractivity contribution in [1.82, 2.24) is 15.1 Å². The Balaban J connectivity index is 1.60. The molecular weight excluding hydrogens is 691 g/mol. The number of amides is 1. The van der Waals surface area contributed by atoms with Crippen LogP contribution >= 0.6 is 34.8 Å². The molecule has 1 aliphatic rings. The zero-order valence-electron chi connectivity index (χ0n) is 26.4. The van der Waals surface area contributed by atoms with Crippen molar-refractivity contribution in [3.63, 3.8) is 0 Å². The van der Waals surface area contributed by atoms with Gasteiger partial charge in [-0.1, -0.05) is 138 Å². The van der Waals surface area contributed by atoms with Crippen LogP contribution in [0.15, 0.2) is 101 Å². The van der Waals surface area contributed by atoms with Crippen LogP contribution in [0.4, 0.5) is 0 Å². The van der Waals surface area contributed by atoms with Gasteiger partial charge < -0.3 is 10.2 Å². The number of halogens is 3. The Morgan fingerprint density at radius 1 is 0.958 bits per heavy atom. The van der Waals surface area contributed by atoms with Gasteiger partial charge in [-0.2, -0.15) is 8.42 Å². The third-order valence-electron chi connectivity index (χ3n) is 7.66. The van der Waals surface area contributed by atoms with Gasteiger partial charge in [0, 0.05) is 32.6 Å². The quantitative estimate of drug-likeness (QED) is 0.105. The summed E-state index contributed by atoms with van der Waals surface area (Å²) in [5.74, 6) is 2.27. The molecule has 48 heavy (non-hydrogen) atoms. The van der Waals surface area contributed by atoms with Gasteiger partial charge in [-0.15, -0.1) is 16.7 Å². The van der Waals surface area contributed by atoms with Gasteiger partial charge in [-0.05, 0) is 29.5 Å². The summed E-state index contributed by atoms with van der Waals surface area (Å²) in [6, 6.07) is 29.7. The molecule has 1 atom stereocenters. The molecule has 1 aliphatic heterocycles. The van der Waals surface area contributed by atoms with Crippen molar-refractivity contribution in [2.24, 2.45) is 4.40 Å². The monoisotopic (exact) mass is 728 g/mol. The number of carbonyl (C=O) groups is 1. The first-order valence-corrected chi connectivity index (χ1v) is 18.1. The number of alkyl halides is 3.